The monoisotopic (exact) mass is 211 g/mol. The first-order valence-electron chi connectivity index (χ1n) is 5.90. The third kappa shape index (κ3) is 1.48. The number of fused-ring (bicyclic) bond motifs is 2. The van der Waals surface area contributed by atoms with Crippen molar-refractivity contribution < 1.29 is 9.53 Å². The van der Waals surface area contributed by atoms with Crippen LogP contribution in [0.15, 0.2) is 0 Å². The molecule has 0 saturated heterocycles. The summed E-state index contributed by atoms with van der Waals surface area (Å²) in [7, 11) is 0. The predicted molar refractivity (Wildman–Crippen MR) is 58.1 cm³/mol. The number of carbonyl (C=O) groups is 1. The highest BCUT2D eigenvalue weighted by Crippen LogP contribution is 2.60. The van der Waals surface area contributed by atoms with E-state index in [-0.39, 0.29) is 17.9 Å². The molecule has 86 valence electrons. The number of hydrogen-bond acceptors (Lipinski definition) is 3. The summed E-state index contributed by atoms with van der Waals surface area (Å²) in [6, 6.07) is 0.00375. The molecule has 3 fully saturated rings. The third-order valence-corrected chi connectivity index (χ3v) is 4.60. The van der Waals surface area contributed by atoms with Gasteiger partial charge in [-0.1, -0.05) is 13.8 Å². The molecule has 3 saturated carbocycles. The number of rotatable bonds is 2. The van der Waals surface area contributed by atoms with E-state index < -0.39 is 0 Å². The molecule has 0 radical (unpaired) electrons. The average Bonchev–Trinajstić information content (AvgIpc) is 2.17. The van der Waals surface area contributed by atoms with Gasteiger partial charge < -0.3 is 10.5 Å². The van der Waals surface area contributed by atoms with Gasteiger partial charge >= 0.3 is 5.97 Å². The van der Waals surface area contributed by atoms with Gasteiger partial charge in [0.2, 0.25) is 0 Å². The van der Waals surface area contributed by atoms with Gasteiger partial charge in [-0.3, -0.25) is 4.79 Å². The zero-order chi connectivity index (χ0) is 11.2. The van der Waals surface area contributed by atoms with E-state index in [0.717, 1.165) is 6.42 Å². The van der Waals surface area contributed by atoms with Crippen molar-refractivity contribution in [1.29, 1.82) is 0 Å². The van der Waals surface area contributed by atoms with Gasteiger partial charge in [0.05, 0.1) is 12.5 Å². The standard InChI is InChI=1S/C12H21NO2/c1-4-15-11(14)8-5-7-6-9(10(8)13)12(7,2)3/h7-10H,4-6,13H2,1-3H3/t7-,8+,9?,10-/m1/s1. The summed E-state index contributed by atoms with van der Waals surface area (Å²) in [5.41, 5.74) is 6.50. The number of hydrogen-bond donors (Lipinski definition) is 1. The molecule has 3 heteroatoms. The van der Waals surface area contributed by atoms with Crippen LogP contribution in [-0.2, 0) is 9.53 Å². The van der Waals surface area contributed by atoms with E-state index in [0.29, 0.717) is 23.9 Å². The third-order valence-electron chi connectivity index (χ3n) is 4.60. The average molecular weight is 211 g/mol. The lowest BCUT2D eigenvalue weighted by atomic mass is 9.45. The smallest absolute Gasteiger partial charge is 0.310 e. The number of carbonyl (C=O) groups excluding carboxylic acids is 1. The van der Waals surface area contributed by atoms with Crippen molar-refractivity contribution in [2.75, 3.05) is 6.61 Å². The Morgan fingerprint density at radius 1 is 1.47 bits per heavy atom. The van der Waals surface area contributed by atoms with Gasteiger partial charge in [0, 0.05) is 6.04 Å². The molecule has 4 atom stereocenters. The van der Waals surface area contributed by atoms with Crippen LogP contribution in [0.5, 0.6) is 0 Å². The van der Waals surface area contributed by atoms with E-state index in [1.165, 1.54) is 6.42 Å². The molecule has 3 aliphatic carbocycles. The van der Waals surface area contributed by atoms with Gasteiger partial charge in [0.25, 0.3) is 0 Å². The predicted octanol–water partition coefficient (Wildman–Crippen LogP) is 1.56. The van der Waals surface area contributed by atoms with Gasteiger partial charge in [-0.05, 0) is 37.0 Å². The van der Waals surface area contributed by atoms with Gasteiger partial charge in [-0.15, -0.1) is 0 Å². The molecule has 3 nitrogen and oxygen atoms in total. The van der Waals surface area contributed by atoms with Crippen molar-refractivity contribution in [1.82, 2.24) is 0 Å². The molecular weight excluding hydrogens is 190 g/mol. The normalized spacial score (nSPS) is 41.9. The van der Waals surface area contributed by atoms with Crippen molar-refractivity contribution in [3.05, 3.63) is 0 Å². The highest BCUT2D eigenvalue weighted by Gasteiger charge is 2.58. The Bertz CT molecular complexity index is 275. The minimum atomic E-state index is -0.0878. The van der Waals surface area contributed by atoms with Crippen LogP contribution in [0, 0.1) is 23.2 Å². The summed E-state index contributed by atoms with van der Waals surface area (Å²) in [5, 5.41) is 0. The maximum absolute atomic E-state index is 11.7. The maximum atomic E-state index is 11.7. The molecule has 15 heavy (non-hydrogen) atoms. The first kappa shape index (κ1) is 10.9. The van der Waals surface area contributed by atoms with Crippen LogP contribution in [0.2, 0.25) is 0 Å². The largest absolute Gasteiger partial charge is 0.466 e. The Labute approximate surface area is 91.4 Å². The molecule has 0 heterocycles. The fraction of sp³-hybridized carbons (Fsp3) is 0.917. The van der Waals surface area contributed by atoms with Crippen molar-refractivity contribution in [2.24, 2.45) is 28.9 Å². The first-order valence-corrected chi connectivity index (χ1v) is 5.90. The summed E-state index contributed by atoms with van der Waals surface area (Å²) in [4.78, 5) is 11.7. The van der Waals surface area contributed by atoms with Crippen LogP contribution in [0.25, 0.3) is 0 Å². The van der Waals surface area contributed by atoms with E-state index in [1.54, 1.807) is 0 Å². The second-order valence-electron chi connectivity index (χ2n) is 5.53. The molecule has 0 amide bonds. The van der Waals surface area contributed by atoms with Gasteiger partial charge in [-0.25, -0.2) is 0 Å². The molecule has 3 rings (SSSR count). The lowest BCUT2D eigenvalue weighted by Crippen LogP contribution is -2.62. The van der Waals surface area contributed by atoms with E-state index in [2.05, 4.69) is 13.8 Å². The summed E-state index contributed by atoms with van der Waals surface area (Å²) in [5.74, 6) is 1.03. The SMILES string of the molecule is CCOC(=O)[C@H]1C[C@@H]2CC([C@@H]1N)C2(C)C. The quantitative estimate of drug-likeness (QED) is 0.705. The van der Waals surface area contributed by atoms with E-state index in [4.69, 9.17) is 10.5 Å². The molecule has 2 bridgehead atoms. The summed E-state index contributed by atoms with van der Waals surface area (Å²) >= 11 is 0. The Hall–Kier alpha value is -0.570. The highest BCUT2D eigenvalue weighted by molar-refractivity contribution is 5.73. The van der Waals surface area contributed by atoms with Crippen LogP contribution in [0.1, 0.15) is 33.6 Å². The molecule has 0 aromatic rings. The lowest BCUT2D eigenvalue weighted by molar-refractivity contribution is -0.164. The van der Waals surface area contributed by atoms with Crippen molar-refractivity contribution in [2.45, 2.75) is 39.7 Å². The van der Waals surface area contributed by atoms with Crippen LogP contribution in [0.4, 0.5) is 0 Å². The second-order valence-corrected chi connectivity index (χ2v) is 5.53. The van der Waals surface area contributed by atoms with Crippen LogP contribution in [0.3, 0.4) is 0 Å². The highest BCUT2D eigenvalue weighted by atomic mass is 16.5. The summed E-state index contributed by atoms with van der Waals surface area (Å²) < 4.78 is 5.07. The number of nitrogens with two attached hydrogens (primary N) is 1. The lowest BCUT2D eigenvalue weighted by Gasteiger charge is -2.61. The zero-order valence-electron chi connectivity index (χ0n) is 9.82. The van der Waals surface area contributed by atoms with Gasteiger partial charge in [0.1, 0.15) is 0 Å². The molecular formula is C12H21NO2. The van der Waals surface area contributed by atoms with Crippen LogP contribution in [-0.4, -0.2) is 18.6 Å². The first-order chi connectivity index (χ1) is 6.98. The Morgan fingerprint density at radius 2 is 2.13 bits per heavy atom. The topological polar surface area (TPSA) is 52.3 Å². The van der Waals surface area contributed by atoms with Crippen molar-refractivity contribution in [3.63, 3.8) is 0 Å². The number of ether oxygens (including phenoxy) is 1. The Kier molecular flexibility index (Phi) is 2.53. The minimum absolute atomic E-state index is 0.00375. The molecule has 0 aromatic carbocycles. The minimum Gasteiger partial charge on any atom is -0.466 e. The van der Waals surface area contributed by atoms with E-state index >= 15 is 0 Å². The Morgan fingerprint density at radius 3 is 2.60 bits per heavy atom. The Balaban J connectivity index is 2.05. The van der Waals surface area contributed by atoms with Crippen LogP contribution < -0.4 is 5.73 Å². The zero-order valence-corrected chi connectivity index (χ0v) is 9.82. The fourth-order valence-electron chi connectivity index (χ4n) is 3.36. The van der Waals surface area contributed by atoms with Crippen molar-refractivity contribution >= 4 is 5.97 Å². The van der Waals surface area contributed by atoms with Gasteiger partial charge in [-0.2, -0.15) is 0 Å². The molecule has 1 unspecified atom stereocenters. The molecule has 2 N–H and O–H groups in total. The van der Waals surface area contributed by atoms with E-state index in [9.17, 15) is 4.79 Å². The fourth-order valence-corrected chi connectivity index (χ4v) is 3.36. The van der Waals surface area contributed by atoms with Crippen LogP contribution >= 0.6 is 0 Å². The summed E-state index contributed by atoms with van der Waals surface area (Å²) in [6.45, 7) is 6.85. The summed E-state index contributed by atoms with van der Waals surface area (Å²) in [6.07, 6.45) is 2.12. The van der Waals surface area contributed by atoms with Gasteiger partial charge in [0.15, 0.2) is 0 Å². The second kappa shape index (κ2) is 3.48. The molecule has 0 spiro atoms. The molecule has 3 aliphatic rings. The maximum Gasteiger partial charge on any atom is 0.310 e. The van der Waals surface area contributed by atoms with Crippen molar-refractivity contribution in [3.8, 4) is 0 Å². The van der Waals surface area contributed by atoms with E-state index in [1.807, 2.05) is 6.92 Å². The molecule has 0 aromatic heterocycles. The number of esters is 1. The molecule has 0 aliphatic heterocycles.